The van der Waals surface area contributed by atoms with Crippen LogP contribution in [0.25, 0.3) is 66.9 Å². The van der Waals surface area contributed by atoms with Gasteiger partial charge in [0.2, 0.25) is 0 Å². The molecule has 0 fully saturated rings. The molecule has 2 aromatic heterocycles. The van der Waals surface area contributed by atoms with E-state index in [4.69, 9.17) is 4.42 Å². The molecule has 1 aliphatic rings. The molecule has 7 aromatic rings. The van der Waals surface area contributed by atoms with E-state index in [1.165, 1.54) is 22.3 Å². The van der Waals surface area contributed by atoms with Crippen LogP contribution in [0, 0.1) is 18.3 Å². The van der Waals surface area contributed by atoms with Gasteiger partial charge in [0.1, 0.15) is 17.2 Å². The van der Waals surface area contributed by atoms with Crippen molar-refractivity contribution in [2.45, 2.75) is 26.2 Å². The van der Waals surface area contributed by atoms with E-state index in [2.05, 4.69) is 129 Å². The number of nitrogens with zero attached hydrogens (tertiary/aromatic N) is 2. The Hall–Kier alpha value is -5.59. The normalized spacial score (nSPS) is 13.5. The number of para-hydroxylation sites is 2. The number of furan rings is 1. The van der Waals surface area contributed by atoms with Crippen LogP contribution < -0.4 is 0 Å². The van der Waals surface area contributed by atoms with Gasteiger partial charge in [0.15, 0.2) is 0 Å². The molecule has 0 radical (unpaired) electrons. The fourth-order valence-electron chi connectivity index (χ4n) is 7.38. The summed E-state index contributed by atoms with van der Waals surface area (Å²) in [5.74, 6) is 0. The first-order valence-corrected chi connectivity index (χ1v) is 15.0. The summed E-state index contributed by atoms with van der Waals surface area (Å²) in [5.41, 5.74) is 13.5. The lowest BCUT2D eigenvalue weighted by Gasteiger charge is -2.21. The molecule has 3 nitrogen and oxygen atoms in total. The highest BCUT2D eigenvalue weighted by Crippen LogP contribution is 2.52. The first kappa shape index (κ1) is 26.1. The Morgan fingerprint density at radius 1 is 0.818 bits per heavy atom. The number of aromatic nitrogens is 1. The lowest BCUT2D eigenvalue weighted by Crippen LogP contribution is -2.15. The van der Waals surface area contributed by atoms with Gasteiger partial charge in [-0.3, -0.25) is 0 Å². The van der Waals surface area contributed by atoms with Crippen LogP contribution in [0.5, 0.6) is 0 Å². The number of allylic oxidation sites excluding steroid dienone is 2. The molecule has 0 spiro atoms. The standard InChI is InChI=1S/C41H30N2O/c1-5-6-17-35-25(2)28-13-8-10-18-36(28)43(35)39-27(24-42)12-11-15-29(39)26-19-22-37-33(23-26)32-21-20-31-30-14-7-9-16-34(30)41(3,4)38(31)40(32)44-37/h5-23H,1H2,2-4H3/b17-6-. The average molecular weight is 567 g/mol. The third-order valence-corrected chi connectivity index (χ3v) is 9.41. The molecule has 0 bridgehead atoms. The summed E-state index contributed by atoms with van der Waals surface area (Å²) >= 11 is 0. The predicted molar refractivity (Wildman–Crippen MR) is 182 cm³/mol. The second-order valence-corrected chi connectivity index (χ2v) is 12.1. The van der Waals surface area contributed by atoms with Crippen molar-refractivity contribution in [1.82, 2.24) is 4.57 Å². The number of aryl methyl sites for hydroxylation is 1. The summed E-state index contributed by atoms with van der Waals surface area (Å²) in [6.07, 6.45) is 5.81. The van der Waals surface area contributed by atoms with Crippen molar-refractivity contribution in [3.05, 3.63) is 144 Å². The van der Waals surface area contributed by atoms with E-state index < -0.39 is 0 Å². The summed E-state index contributed by atoms with van der Waals surface area (Å²) in [4.78, 5) is 0. The van der Waals surface area contributed by atoms with Crippen LogP contribution in [0.1, 0.15) is 41.8 Å². The van der Waals surface area contributed by atoms with Crippen LogP contribution in [-0.2, 0) is 5.41 Å². The maximum absolute atomic E-state index is 10.4. The molecule has 0 amide bonds. The predicted octanol–water partition coefficient (Wildman–Crippen LogP) is 10.9. The minimum atomic E-state index is -0.168. The molecule has 44 heavy (non-hydrogen) atoms. The van der Waals surface area contributed by atoms with Crippen LogP contribution in [-0.4, -0.2) is 4.57 Å². The fourth-order valence-corrected chi connectivity index (χ4v) is 7.38. The number of fused-ring (bicyclic) bond motifs is 8. The van der Waals surface area contributed by atoms with Crippen LogP contribution in [0.3, 0.4) is 0 Å². The number of hydrogen-bond acceptors (Lipinski definition) is 2. The van der Waals surface area contributed by atoms with Crippen molar-refractivity contribution in [2.75, 3.05) is 0 Å². The van der Waals surface area contributed by atoms with Gasteiger partial charge in [0.25, 0.3) is 0 Å². The topological polar surface area (TPSA) is 41.9 Å². The van der Waals surface area contributed by atoms with Crippen molar-refractivity contribution in [2.24, 2.45) is 0 Å². The summed E-state index contributed by atoms with van der Waals surface area (Å²) < 4.78 is 8.89. The number of nitriles is 1. The maximum atomic E-state index is 10.4. The Morgan fingerprint density at radius 3 is 2.45 bits per heavy atom. The first-order chi connectivity index (χ1) is 21.4. The first-order valence-electron chi connectivity index (χ1n) is 15.0. The van der Waals surface area contributed by atoms with E-state index in [0.717, 1.165) is 60.9 Å². The molecule has 3 heteroatoms. The van der Waals surface area contributed by atoms with E-state index >= 15 is 0 Å². The summed E-state index contributed by atoms with van der Waals surface area (Å²) in [6, 6.07) is 36.4. The minimum absolute atomic E-state index is 0.168. The average Bonchev–Trinajstić information content (AvgIpc) is 3.64. The molecule has 1 aliphatic carbocycles. The number of benzene rings is 5. The number of rotatable bonds is 4. The SMILES string of the molecule is C=C/C=C\c1c(C)c2ccccc2n1-c1c(C#N)cccc1-c1ccc2oc3c4c(ccc3c2c1)-c1ccccc1C4(C)C. The van der Waals surface area contributed by atoms with Crippen molar-refractivity contribution < 1.29 is 4.42 Å². The highest BCUT2D eigenvalue weighted by atomic mass is 16.3. The zero-order chi connectivity index (χ0) is 30.2. The van der Waals surface area contributed by atoms with E-state index in [1.54, 1.807) is 6.08 Å². The zero-order valence-corrected chi connectivity index (χ0v) is 25.0. The molecule has 0 saturated carbocycles. The van der Waals surface area contributed by atoms with Gasteiger partial charge in [0.05, 0.1) is 16.8 Å². The lowest BCUT2D eigenvalue weighted by atomic mass is 9.82. The lowest BCUT2D eigenvalue weighted by molar-refractivity contribution is 0.620. The largest absolute Gasteiger partial charge is 0.456 e. The minimum Gasteiger partial charge on any atom is -0.456 e. The quantitative estimate of drug-likeness (QED) is 0.199. The van der Waals surface area contributed by atoms with Crippen molar-refractivity contribution in [3.8, 4) is 34.0 Å². The molecule has 0 unspecified atom stereocenters. The van der Waals surface area contributed by atoms with E-state index in [-0.39, 0.29) is 5.41 Å². The molecular weight excluding hydrogens is 536 g/mol. The van der Waals surface area contributed by atoms with Crippen LogP contribution in [0.4, 0.5) is 0 Å². The van der Waals surface area contributed by atoms with E-state index in [0.29, 0.717) is 5.56 Å². The zero-order valence-electron chi connectivity index (χ0n) is 25.0. The Kier molecular flexibility index (Phi) is 5.60. The second kappa shape index (κ2) is 9.46. The molecule has 210 valence electrons. The maximum Gasteiger partial charge on any atom is 0.140 e. The third-order valence-electron chi connectivity index (χ3n) is 9.41. The van der Waals surface area contributed by atoms with Gasteiger partial charge in [-0.1, -0.05) is 99.3 Å². The Bertz CT molecular complexity index is 2400. The summed E-state index contributed by atoms with van der Waals surface area (Å²) in [5, 5.41) is 13.7. The molecule has 0 N–H and O–H groups in total. The molecule has 5 aromatic carbocycles. The van der Waals surface area contributed by atoms with E-state index in [1.807, 2.05) is 18.2 Å². The fraction of sp³-hybridized carbons (Fsp3) is 0.0976. The Labute approximate surface area is 256 Å². The van der Waals surface area contributed by atoms with Gasteiger partial charge in [-0.05, 0) is 71.1 Å². The van der Waals surface area contributed by atoms with Gasteiger partial charge in [-0.15, -0.1) is 0 Å². The second-order valence-electron chi connectivity index (χ2n) is 12.1. The Balaban J connectivity index is 1.40. The van der Waals surface area contributed by atoms with Gasteiger partial charge >= 0.3 is 0 Å². The van der Waals surface area contributed by atoms with Crippen LogP contribution in [0.2, 0.25) is 0 Å². The third kappa shape index (κ3) is 3.49. The number of hydrogen-bond donors (Lipinski definition) is 0. The molecular formula is C41H30N2O. The smallest absolute Gasteiger partial charge is 0.140 e. The van der Waals surface area contributed by atoms with Crippen molar-refractivity contribution >= 4 is 38.9 Å². The van der Waals surface area contributed by atoms with Crippen molar-refractivity contribution in [3.63, 3.8) is 0 Å². The Morgan fingerprint density at radius 2 is 1.61 bits per heavy atom. The summed E-state index contributed by atoms with van der Waals surface area (Å²) in [6.45, 7) is 10.6. The van der Waals surface area contributed by atoms with E-state index in [9.17, 15) is 5.26 Å². The van der Waals surface area contributed by atoms with Crippen LogP contribution in [0.15, 0.2) is 120 Å². The molecule has 0 atom stereocenters. The van der Waals surface area contributed by atoms with Gasteiger partial charge in [-0.25, -0.2) is 0 Å². The monoisotopic (exact) mass is 566 g/mol. The van der Waals surface area contributed by atoms with Crippen LogP contribution >= 0.6 is 0 Å². The highest BCUT2D eigenvalue weighted by Gasteiger charge is 2.38. The molecule has 0 saturated heterocycles. The molecule has 8 rings (SSSR count). The van der Waals surface area contributed by atoms with Gasteiger partial charge in [-0.2, -0.15) is 5.26 Å². The molecule has 0 aliphatic heterocycles. The molecule has 2 heterocycles. The summed E-state index contributed by atoms with van der Waals surface area (Å²) in [7, 11) is 0. The van der Waals surface area contributed by atoms with Crippen molar-refractivity contribution in [1.29, 1.82) is 5.26 Å². The highest BCUT2D eigenvalue weighted by molar-refractivity contribution is 6.10. The van der Waals surface area contributed by atoms with Gasteiger partial charge < -0.3 is 8.98 Å². The van der Waals surface area contributed by atoms with Gasteiger partial charge in [0, 0.05) is 38.4 Å².